The fourth-order valence-electron chi connectivity index (χ4n) is 1.52. The van der Waals surface area contributed by atoms with Crippen molar-refractivity contribution in [1.29, 1.82) is 0 Å². The van der Waals surface area contributed by atoms with E-state index < -0.39 is 11.7 Å². The van der Waals surface area contributed by atoms with Crippen molar-refractivity contribution >= 4 is 5.69 Å². The molecule has 2 N–H and O–H groups in total. The largest absolute Gasteiger partial charge is 0.436 e. The minimum atomic E-state index is -4.49. The van der Waals surface area contributed by atoms with Crippen LogP contribution in [0.25, 0.3) is 0 Å². The van der Waals surface area contributed by atoms with Crippen molar-refractivity contribution in [2.75, 3.05) is 5.73 Å². The summed E-state index contributed by atoms with van der Waals surface area (Å²) < 4.78 is 43.6. The Morgan fingerprint density at radius 1 is 1.16 bits per heavy atom. The number of rotatable bonds is 2. The molecule has 0 fully saturated rings. The maximum atomic E-state index is 12.8. The topological polar surface area (TPSA) is 48.1 Å². The van der Waals surface area contributed by atoms with Gasteiger partial charge in [0.15, 0.2) is 0 Å². The van der Waals surface area contributed by atoms with Gasteiger partial charge in [0.2, 0.25) is 5.88 Å². The number of para-hydroxylation sites is 1. The van der Waals surface area contributed by atoms with Crippen LogP contribution in [0.15, 0.2) is 36.5 Å². The third kappa shape index (κ3) is 2.78. The van der Waals surface area contributed by atoms with Crippen molar-refractivity contribution in [1.82, 2.24) is 4.98 Å². The van der Waals surface area contributed by atoms with Crippen LogP contribution < -0.4 is 10.5 Å². The van der Waals surface area contributed by atoms with E-state index in [4.69, 9.17) is 10.5 Å². The number of aromatic nitrogens is 1. The fourth-order valence-corrected chi connectivity index (χ4v) is 1.52. The first-order valence-corrected chi connectivity index (χ1v) is 5.45. The average Bonchev–Trinajstić information content (AvgIpc) is 2.34. The molecule has 100 valence electrons. The van der Waals surface area contributed by atoms with Gasteiger partial charge < -0.3 is 10.5 Å². The fraction of sp³-hybridized carbons (Fsp3) is 0.154. The van der Waals surface area contributed by atoms with Crippen molar-refractivity contribution in [3.8, 4) is 11.6 Å². The molecule has 1 aromatic carbocycles. The average molecular weight is 268 g/mol. The van der Waals surface area contributed by atoms with Crippen molar-refractivity contribution in [2.24, 2.45) is 0 Å². The first-order chi connectivity index (χ1) is 8.89. The van der Waals surface area contributed by atoms with Crippen LogP contribution >= 0.6 is 0 Å². The molecule has 1 aromatic heterocycles. The summed E-state index contributed by atoms with van der Waals surface area (Å²) >= 11 is 0. The van der Waals surface area contributed by atoms with E-state index in [9.17, 15) is 13.2 Å². The Bertz CT molecular complexity index is 597. The Labute approximate surface area is 107 Å². The van der Waals surface area contributed by atoms with Gasteiger partial charge in [-0.25, -0.2) is 4.98 Å². The monoisotopic (exact) mass is 268 g/mol. The van der Waals surface area contributed by atoms with E-state index >= 15 is 0 Å². The highest BCUT2D eigenvalue weighted by molar-refractivity contribution is 5.55. The van der Waals surface area contributed by atoms with Gasteiger partial charge in [0, 0.05) is 6.20 Å². The second kappa shape index (κ2) is 4.79. The zero-order valence-corrected chi connectivity index (χ0v) is 10.0. The summed E-state index contributed by atoms with van der Waals surface area (Å²) in [6.45, 7) is 1.72. The molecule has 0 radical (unpaired) electrons. The smallest absolute Gasteiger partial charge is 0.419 e. The Hall–Kier alpha value is -2.24. The van der Waals surface area contributed by atoms with Crippen molar-refractivity contribution < 1.29 is 17.9 Å². The Morgan fingerprint density at radius 3 is 2.53 bits per heavy atom. The zero-order valence-electron chi connectivity index (χ0n) is 10.0. The van der Waals surface area contributed by atoms with Crippen LogP contribution in [0.2, 0.25) is 0 Å². The lowest BCUT2D eigenvalue weighted by molar-refractivity contribution is -0.138. The van der Waals surface area contributed by atoms with Gasteiger partial charge in [-0.1, -0.05) is 12.1 Å². The third-order valence-corrected chi connectivity index (χ3v) is 2.57. The minimum absolute atomic E-state index is 0.0308. The molecule has 0 aliphatic rings. The van der Waals surface area contributed by atoms with Gasteiger partial charge in [-0.05, 0) is 30.7 Å². The number of halogens is 3. The predicted molar refractivity (Wildman–Crippen MR) is 64.9 cm³/mol. The SMILES string of the molecule is Cc1ccnc(Oc2ccccc2C(F)(F)F)c1N. The van der Waals surface area contributed by atoms with Gasteiger partial charge in [0.1, 0.15) is 5.75 Å². The van der Waals surface area contributed by atoms with E-state index in [1.54, 1.807) is 13.0 Å². The van der Waals surface area contributed by atoms with Crippen LogP contribution in [0.1, 0.15) is 11.1 Å². The third-order valence-electron chi connectivity index (χ3n) is 2.57. The maximum Gasteiger partial charge on any atom is 0.419 e. The van der Waals surface area contributed by atoms with Crippen molar-refractivity contribution in [3.05, 3.63) is 47.7 Å². The maximum absolute atomic E-state index is 12.8. The van der Waals surface area contributed by atoms with Gasteiger partial charge >= 0.3 is 6.18 Å². The number of nitrogen functional groups attached to an aromatic ring is 1. The predicted octanol–water partition coefficient (Wildman–Crippen LogP) is 3.78. The molecule has 3 nitrogen and oxygen atoms in total. The zero-order chi connectivity index (χ0) is 14.0. The summed E-state index contributed by atoms with van der Waals surface area (Å²) in [5.41, 5.74) is 5.77. The molecule has 2 rings (SSSR count). The number of anilines is 1. The van der Waals surface area contributed by atoms with Gasteiger partial charge in [-0.3, -0.25) is 0 Å². The molecule has 0 spiro atoms. The summed E-state index contributed by atoms with van der Waals surface area (Å²) in [4.78, 5) is 3.84. The highest BCUT2D eigenvalue weighted by atomic mass is 19.4. The molecule has 0 saturated heterocycles. The first kappa shape index (κ1) is 13.2. The van der Waals surface area contributed by atoms with Crippen molar-refractivity contribution in [2.45, 2.75) is 13.1 Å². The van der Waals surface area contributed by atoms with Gasteiger partial charge in [-0.15, -0.1) is 0 Å². The summed E-state index contributed by atoms with van der Waals surface area (Å²) in [5, 5.41) is 0. The van der Waals surface area contributed by atoms with E-state index in [2.05, 4.69) is 4.98 Å². The molecule has 19 heavy (non-hydrogen) atoms. The number of pyridine rings is 1. The number of nitrogens with zero attached hydrogens (tertiary/aromatic N) is 1. The number of benzene rings is 1. The standard InChI is InChI=1S/C13H11F3N2O/c1-8-6-7-18-12(11(8)17)19-10-5-3-2-4-9(10)13(14,15)16/h2-7H,17H2,1H3. The first-order valence-electron chi connectivity index (χ1n) is 5.45. The van der Waals surface area contributed by atoms with Crippen LogP contribution in [-0.2, 0) is 6.18 Å². The van der Waals surface area contributed by atoms with E-state index in [1.807, 2.05) is 0 Å². The van der Waals surface area contributed by atoms with Crippen LogP contribution in [-0.4, -0.2) is 4.98 Å². The number of aryl methyl sites for hydroxylation is 1. The highest BCUT2D eigenvalue weighted by Crippen LogP contribution is 2.38. The molecular formula is C13H11F3N2O. The second-order valence-electron chi connectivity index (χ2n) is 3.94. The lowest BCUT2D eigenvalue weighted by Crippen LogP contribution is -2.07. The number of alkyl halides is 3. The summed E-state index contributed by atoms with van der Waals surface area (Å²) in [6.07, 6.45) is -3.06. The molecule has 0 aliphatic carbocycles. The minimum Gasteiger partial charge on any atom is -0.436 e. The molecule has 0 unspecified atom stereocenters. The van der Waals surface area contributed by atoms with E-state index in [0.717, 1.165) is 6.07 Å². The molecule has 0 saturated carbocycles. The molecule has 0 amide bonds. The summed E-state index contributed by atoms with van der Waals surface area (Å²) in [6, 6.07) is 6.57. The lowest BCUT2D eigenvalue weighted by Gasteiger charge is -2.14. The second-order valence-corrected chi connectivity index (χ2v) is 3.94. The summed E-state index contributed by atoms with van der Waals surface area (Å²) in [7, 11) is 0. The quantitative estimate of drug-likeness (QED) is 0.901. The van der Waals surface area contributed by atoms with Crippen LogP contribution in [0.3, 0.4) is 0 Å². The molecule has 0 bridgehead atoms. The summed E-state index contributed by atoms with van der Waals surface area (Å²) in [5.74, 6) is -0.350. The van der Waals surface area contributed by atoms with E-state index in [0.29, 0.717) is 5.56 Å². The van der Waals surface area contributed by atoms with E-state index in [-0.39, 0.29) is 17.3 Å². The van der Waals surface area contributed by atoms with E-state index in [1.165, 1.54) is 24.4 Å². The van der Waals surface area contributed by atoms with Gasteiger partial charge in [-0.2, -0.15) is 13.2 Å². The Balaban J connectivity index is 2.42. The van der Waals surface area contributed by atoms with Crippen LogP contribution in [0.5, 0.6) is 11.6 Å². The van der Waals surface area contributed by atoms with Crippen LogP contribution in [0, 0.1) is 6.92 Å². The lowest BCUT2D eigenvalue weighted by atomic mass is 10.2. The number of nitrogens with two attached hydrogens (primary N) is 1. The molecule has 2 aromatic rings. The number of hydrogen-bond donors (Lipinski definition) is 1. The van der Waals surface area contributed by atoms with Crippen LogP contribution in [0.4, 0.5) is 18.9 Å². The number of ether oxygens (including phenoxy) is 1. The Kier molecular flexibility index (Phi) is 3.33. The molecule has 1 heterocycles. The molecule has 0 aliphatic heterocycles. The molecule has 6 heteroatoms. The van der Waals surface area contributed by atoms with Gasteiger partial charge in [0.25, 0.3) is 0 Å². The van der Waals surface area contributed by atoms with Crippen molar-refractivity contribution in [3.63, 3.8) is 0 Å². The highest BCUT2D eigenvalue weighted by Gasteiger charge is 2.34. The number of hydrogen-bond acceptors (Lipinski definition) is 3. The Morgan fingerprint density at radius 2 is 1.84 bits per heavy atom. The van der Waals surface area contributed by atoms with Gasteiger partial charge in [0.05, 0.1) is 11.3 Å². The normalized spacial score (nSPS) is 11.4. The molecular weight excluding hydrogens is 257 g/mol. The molecule has 0 atom stereocenters.